The molecule has 128 valence electrons. The summed E-state index contributed by atoms with van der Waals surface area (Å²) in [5.41, 5.74) is 1.32. The number of rotatable bonds is 5. The lowest BCUT2D eigenvalue weighted by Crippen LogP contribution is -2.40. The van der Waals surface area contributed by atoms with Crippen molar-refractivity contribution in [2.45, 2.75) is 25.8 Å². The highest BCUT2D eigenvalue weighted by Gasteiger charge is 2.36. The molecule has 0 aliphatic heterocycles. The van der Waals surface area contributed by atoms with Crippen molar-refractivity contribution in [3.63, 3.8) is 0 Å². The third-order valence-electron chi connectivity index (χ3n) is 4.62. The zero-order valence-electron chi connectivity index (χ0n) is 13.9. The number of methoxy groups -OCH3 is 1. The van der Waals surface area contributed by atoms with E-state index in [-0.39, 0.29) is 11.9 Å². The van der Waals surface area contributed by atoms with Crippen molar-refractivity contribution in [3.05, 3.63) is 46.2 Å². The summed E-state index contributed by atoms with van der Waals surface area (Å²) < 4.78 is 6.84. The second-order valence-corrected chi connectivity index (χ2v) is 6.94. The first-order valence-corrected chi connectivity index (χ1v) is 8.68. The largest absolute Gasteiger partial charge is 0.497 e. The summed E-state index contributed by atoms with van der Waals surface area (Å²) in [4.78, 5) is 15.0. The molecule has 1 fully saturated rings. The minimum Gasteiger partial charge on any atom is -0.497 e. The monoisotopic (exact) mass is 366 g/mol. The van der Waals surface area contributed by atoms with Crippen LogP contribution in [0, 0.1) is 5.92 Å². The van der Waals surface area contributed by atoms with Gasteiger partial charge in [0.25, 0.3) is 5.91 Å². The van der Waals surface area contributed by atoms with Crippen LogP contribution in [-0.4, -0.2) is 23.6 Å². The van der Waals surface area contributed by atoms with Crippen molar-refractivity contribution >= 4 is 34.8 Å². The van der Waals surface area contributed by atoms with Crippen LogP contribution >= 0.6 is 23.2 Å². The number of benzene rings is 1. The fourth-order valence-corrected chi connectivity index (χ4v) is 3.32. The molecule has 3 rings (SSSR count). The molecular formula is C18H20Cl2N2O2. The van der Waals surface area contributed by atoms with Crippen LogP contribution in [0.2, 0.25) is 10.2 Å². The summed E-state index contributed by atoms with van der Waals surface area (Å²) in [5.74, 6) is 1.19. The molecule has 1 aliphatic rings. The first kappa shape index (κ1) is 17.2. The fraction of sp³-hybridized carbons (Fsp3) is 0.389. The summed E-state index contributed by atoms with van der Waals surface area (Å²) in [5, 5.41) is 0.755. The first-order chi connectivity index (χ1) is 11.4. The molecule has 6 heteroatoms. The highest BCUT2D eigenvalue weighted by Crippen LogP contribution is 2.38. The summed E-state index contributed by atoms with van der Waals surface area (Å²) in [6.45, 7) is 2.09. The van der Waals surface area contributed by atoms with Gasteiger partial charge in [0.15, 0.2) is 0 Å². The maximum absolute atomic E-state index is 13.2. The van der Waals surface area contributed by atoms with Crippen molar-refractivity contribution in [1.82, 2.24) is 4.57 Å². The van der Waals surface area contributed by atoms with Gasteiger partial charge in [-0.2, -0.15) is 0 Å². The van der Waals surface area contributed by atoms with E-state index in [9.17, 15) is 4.79 Å². The molecule has 0 spiro atoms. The molecule has 1 amide bonds. The fourth-order valence-electron chi connectivity index (χ4n) is 2.94. The van der Waals surface area contributed by atoms with Gasteiger partial charge >= 0.3 is 0 Å². The number of ether oxygens (including phenoxy) is 1. The van der Waals surface area contributed by atoms with E-state index < -0.39 is 0 Å². The quantitative estimate of drug-likeness (QED) is 0.762. The molecule has 1 unspecified atom stereocenters. The molecule has 1 saturated carbocycles. The number of hydrogen-bond acceptors (Lipinski definition) is 2. The van der Waals surface area contributed by atoms with E-state index in [4.69, 9.17) is 27.9 Å². The van der Waals surface area contributed by atoms with Gasteiger partial charge in [0.05, 0.1) is 12.1 Å². The van der Waals surface area contributed by atoms with Gasteiger partial charge in [-0.1, -0.05) is 23.2 Å². The second kappa shape index (κ2) is 6.69. The summed E-state index contributed by atoms with van der Waals surface area (Å²) in [7, 11) is 3.37. The van der Waals surface area contributed by atoms with Crippen molar-refractivity contribution in [2.75, 3.05) is 12.0 Å². The van der Waals surface area contributed by atoms with Crippen molar-refractivity contribution in [3.8, 4) is 5.75 Å². The number of anilines is 1. The molecule has 1 aliphatic carbocycles. The summed E-state index contributed by atoms with van der Waals surface area (Å²) >= 11 is 12.2. The highest BCUT2D eigenvalue weighted by atomic mass is 35.5. The topological polar surface area (TPSA) is 34.5 Å². The van der Waals surface area contributed by atoms with Crippen LogP contribution in [0.3, 0.4) is 0 Å². The molecule has 0 bridgehead atoms. The molecule has 2 aromatic rings. The standard InChI is InChI=1S/C18H20Cl2N2O2/c1-11(12-4-5-12)22(13-6-8-14(24-3)9-7-13)18(23)16-10-15(19)17(20)21(16)2/h6-12H,4-5H2,1-3H3. The van der Waals surface area contributed by atoms with Gasteiger partial charge in [0, 0.05) is 18.8 Å². The SMILES string of the molecule is COc1ccc(N(C(=O)c2cc(Cl)c(Cl)n2C)C(C)C2CC2)cc1. The van der Waals surface area contributed by atoms with Crippen molar-refractivity contribution < 1.29 is 9.53 Å². The molecule has 0 N–H and O–H groups in total. The lowest BCUT2D eigenvalue weighted by Gasteiger charge is -2.30. The molecule has 1 aromatic heterocycles. The second-order valence-electron chi connectivity index (χ2n) is 6.18. The lowest BCUT2D eigenvalue weighted by atomic mass is 10.1. The third-order valence-corrected chi connectivity index (χ3v) is 5.46. The number of hydrogen-bond donors (Lipinski definition) is 0. The van der Waals surface area contributed by atoms with Gasteiger partial charge in [0.1, 0.15) is 16.6 Å². The van der Waals surface area contributed by atoms with Gasteiger partial charge in [-0.25, -0.2) is 0 Å². The Kier molecular flexibility index (Phi) is 4.79. The minimum atomic E-state index is -0.101. The zero-order chi connectivity index (χ0) is 17.4. The summed E-state index contributed by atoms with van der Waals surface area (Å²) in [6, 6.07) is 9.27. The Labute approximate surface area is 151 Å². The Morgan fingerprint density at radius 2 is 1.92 bits per heavy atom. The number of carbonyl (C=O) groups is 1. The van der Waals surface area contributed by atoms with E-state index in [0.29, 0.717) is 21.8 Å². The van der Waals surface area contributed by atoms with Gasteiger partial charge in [-0.05, 0) is 56.0 Å². The average molecular weight is 367 g/mol. The average Bonchev–Trinajstić information content (AvgIpc) is 3.40. The van der Waals surface area contributed by atoms with Crippen LogP contribution in [0.1, 0.15) is 30.3 Å². The van der Waals surface area contributed by atoms with E-state index in [1.165, 1.54) is 0 Å². The third kappa shape index (κ3) is 3.13. The van der Waals surface area contributed by atoms with Gasteiger partial charge < -0.3 is 14.2 Å². The molecule has 1 heterocycles. The molecular weight excluding hydrogens is 347 g/mol. The van der Waals surface area contributed by atoms with E-state index in [1.807, 2.05) is 29.2 Å². The first-order valence-electron chi connectivity index (χ1n) is 7.92. The van der Waals surface area contributed by atoms with Gasteiger partial charge in [0.2, 0.25) is 0 Å². The molecule has 1 atom stereocenters. The Hall–Kier alpha value is -1.65. The summed E-state index contributed by atoms with van der Waals surface area (Å²) in [6.07, 6.45) is 2.30. The van der Waals surface area contributed by atoms with Crippen LogP contribution in [0.4, 0.5) is 5.69 Å². The normalized spacial score (nSPS) is 15.2. The van der Waals surface area contributed by atoms with Gasteiger partial charge in [-0.15, -0.1) is 0 Å². The van der Waals surface area contributed by atoms with Crippen LogP contribution in [-0.2, 0) is 7.05 Å². The number of halogens is 2. The minimum absolute atomic E-state index is 0.101. The number of aromatic nitrogens is 1. The Bertz CT molecular complexity index is 751. The smallest absolute Gasteiger partial charge is 0.275 e. The van der Waals surface area contributed by atoms with Gasteiger partial charge in [-0.3, -0.25) is 4.79 Å². The van der Waals surface area contributed by atoms with Crippen LogP contribution in [0.5, 0.6) is 5.75 Å². The molecule has 1 aromatic carbocycles. The molecule has 24 heavy (non-hydrogen) atoms. The van der Waals surface area contributed by atoms with Crippen LogP contribution in [0.25, 0.3) is 0 Å². The predicted octanol–water partition coefficient (Wildman–Crippen LogP) is 4.79. The highest BCUT2D eigenvalue weighted by molar-refractivity contribution is 6.42. The Morgan fingerprint density at radius 1 is 1.29 bits per heavy atom. The Morgan fingerprint density at radius 3 is 2.38 bits per heavy atom. The molecule has 0 saturated heterocycles. The zero-order valence-corrected chi connectivity index (χ0v) is 15.4. The van der Waals surface area contributed by atoms with Crippen molar-refractivity contribution in [1.29, 1.82) is 0 Å². The van der Waals surface area contributed by atoms with E-state index in [1.54, 1.807) is 24.8 Å². The number of nitrogens with zero attached hydrogens (tertiary/aromatic N) is 2. The number of carbonyl (C=O) groups excluding carboxylic acids is 1. The lowest BCUT2D eigenvalue weighted by molar-refractivity contribution is 0.0968. The van der Waals surface area contributed by atoms with Crippen molar-refractivity contribution in [2.24, 2.45) is 13.0 Å². The Balaban J connectivity index is 2.00. The molecule has 0 radical (unpaired) electrons. The van der Waals surface area contributed by atoms with E-state index >= 15 is 0 Å². The van der Waals surface area contributed by atoms with Crippen LogP contribution in [0.15, 0.2) is 30.3 Å². The maximum atomic E-state index is 13.2. The number of amides is 1. The predicted molar refractivity (Wildman–Crippen MR) is 97.4 cm³/mol. The molecule has 4 nitrogen and oxygen atoms in total. The van der Waals surface area contributed by atoms with E-state index in [0.717, 1.165) is 24.3 Å². The van der Waals surface area contributed by atoms with E-state index in [2.05, 4.69) is 6.92 Å². The maximum Gasteiger partial charge on any atom is 0.275 e. The van der Waals surface area contributed by atoms with Crippen LogP contribution < -0.4 is 9.64 Å².